The predicted molar refractivity (Wildman–Crippen MR) is 90.7 cm³/mol. The zero-order valence-corrected chi connectivity index (χ0v) is 14.2. The van der Waals surface area contributed by atoms with Crippen molar-refractivity contribution in [3.63, 3.8) is 0 Å². The third-order valence-corrected chi connectivity index (χ3v) is 3.72. The molecule has 6 nitrogen and oxygen atoms in total. The summed E-state index contributed by atoms with van der Waals surface area (Å²) in [5.74, 6) is 1.31. The molecule has 0 radical (unpaired) electrons. The summed E-state index contributed by atoms with van der Waals surface area (Å²) < 4.78 is 11.8. The third kappa shape index (κ3) is 3.96. The molecule has 0 aliphatic carbocycles. The Labute approximate surface area is 140 Å². The van der Waals surface area contributed by atoms with E-state index in [9.17, 15) is 4.79 Å². The van der Waals surface area contributed by atoms with E-state index in [1.807, 2.05) is 25.1 Å². The number of anilines is 1. The monoisotopic (exact) mass is 337 g/mol. The molecule has 0 saturated heterocycles. The van der Waals surface area contributed by atoms with Gasteiger partial charge in [0.2, 0.25) is 0 Å². The summed E-state index contributed by atoms with van der Waals surface area (Å²) in [5.41, 5.74) is 1.20. The van der Waals surface area contributed by atoms with Crippen LogP contribution in [0.2, 0.25) is 5.02 Å². The first kappa shape index (κ1) is 17.1. The Bertz CT molecular complexity index is 731. The highest BCUT2D eigenvalue weighted by Crippen LogP contribution is 2.28. The van der Waals surface area contributed by atoms with Crippen molar-refractivity contribution in [2.24, 2.45) is 0 Å². The summed E-state index contributed by atoms with van der Waals surface area (Å²) in [5, 5.41) is 7.39. The van der Waals surface area contributed by atoms with Crippen LogP contribution < -0.4 is 20.3 Å². The van der Waals surface area contributed by atoms with E-state index >= 15 is 0 Å². The number of rotatable bonds is 7. The number of aryl methyl sites for hydroxylation is 1. The molecule has 2 rings (SSSR count). The molecule has 1 aromatic heterocycles. The molecule has 0 saturated carbocycles. The van der Waals surface area contributed by atoms with Crippen LogP contribution in [0.4, 0.5) is 5.69 Å². The van der Waals surface area contributed by atoms with Crippen molar-refractivity contribution in [2.75, 3.05) is 19.5 Å². The zero-order valence-electron chi connectivity index (χ0n) is 13.4. The van der Waals surface area contributed by atoms with Gasteiger partial charge >= 0.3 is 0 Å². The first-order valence-corrected chi connectivity index (χ1v) is 7.68. The molecule has 0 spiro atoms. The molecule has 0 atom stereocenters. The number of ether oxygens (including phenoxy) is 2. The van der Waals surface area contributed by atoms with Crippen LogP contribution in [0, 0.1) is 0 Å². The summed E-state index contributed by atoms with van der Waals surface area (Å²) in [6.45, 7) is 3.01. The minimum atomic E-state index is -0.286. The Morgan fingerprint density at radius 2 is 2.00 bits per heavy atom. The second kappa shape index (κ2) is 7.87. The van der Waals surface area contributed by atoms with Crippen LogP contribution in [-0.2, 0) is 13.1 Å². The first-order valence-electron chi connectivity index (χ1n) is 7.31. The van der Waals surface area contributed by atoms with Crippen LogP contribution in [0.15, 0.2) is 29.2 Å². The smallest absolute Gasteiger partial charge is 0.287 e. The van der Waals surface area contributed by atoms with E-state index in [2.05, 4.69) is 10.4 Å². The molecule has 0 fully saturated rings. The van der Waals surface area contributed by atoms with Crippen molar-refractivity contribution < 1.29 is 9.47 Å². The van der Waals surface area contributed by atoms with Gasteiger partial charge in [0.15, 0.2) is 11.5 Å². The molecule has 0 amide bonds. The van der Waals surface area contributed by atoms with Gasteiger partial charge in [0, 0.05) is 13.1 Å². The van der Waals surface area contributed by atoms with Crippen molar-refractivity contribution >= 4 is 17.3 Å². The van der Waals surface area contributed by atoms with Gasteiger partial charge in [-0.25, -0.2) is 4.68 Å². The van der Waals surface area contributed by atoms with Crippen molar-refractivity contribution in [3.8, 4) is 11.5 Å². The van der Waals surface area contributed by atoms with Gasteiger partial charge in [-0.1, -0.05) is 24.6 Å². The van der Waals surface area contributed by atoms with E-state index in [0.717, 1.165) is 12.0 Å². The number of nitrogens with zero attached hydrogens (tertiary/aromatic N) is 2. The van der Waals surface area contributed by atoms with Gasteiger partial charge in [-0.2, -0.15) is 5.10 Å². The fraction of sp³-hybridized carbons (Fsp3) is 0.375. The second-order valence-corrected chi connectivity index (χ2v) is 5.32. The molecule has 7 heteroatoms. The average molecular weight is 338 g/mol. The number of aromatic nitrogens is 2. The van der Waals surface area contributed by atoms with Crippen LogP contribution in [0.1, 0.15) is 18.9 Å². The van der Waals surface area contributed by atoms with Crippen LogP contribution >= 0.6 is 11.6 Å². The largest absolute Gasteiger partial charge is 0.493 e. The lowest BCUT2D eigenvalue weighted by molar-refractivity contribution is 0.354. The van der Waals surface area contributed by atoms with Gasteiger partial charge in [-0.15, -0.1) is 0 Å². The number of halogens is 1. The molecule has 0 bridgehead atoms. The first-order chi connectivity index (χ1) is 11.1. The SMILES string of the molecule is CCCn1ncc(NCc2ccc(OC)c(OC)c2)c(Cl)c1=O. The summed E-state index contributed by atoms with van der Waals surface area (Å²) >= 11 is 6.13. The molecule has 23 heavy (non-hydrogen) atoms. The highest BCUT2D eigenvalue weighted by Gasteiger charge is 2.09. The van der Waals surface area contributed by atoms with Crippen molar-refractivity contribution in [2.45, 2.75) is 26.4 Å². The fourth-order valence-corrected chi connectivity index (χ4v) is 2.36. The summed E-state index contributed by atoms with van der Waals surface area (Å²) in [6.07, 6.45) is 2.39. The Kier molecular flexibility index (Phi) is 5.87. The van der Waals surface area contributed by atoms with Gasteiger partial charge in [0.1, 0.15) is 5.02 Å². The Balaban J connectivity index is 2.15. The van der Waals surface area contributed by atoms with Gasteiger partial charge in [-0.3, -0.25) is 4.79 Å². The summed E-state index contributed by atoms with van der Waals surface area (Å²) in [6, 6.07) is 5.61. The van der Waals surface area contributed by atoms with Crippen LogP contribution in [0.25, 0.3) is 0 Å². The lowest BCUT2D eigenvalue weighted by Crippen LogP contribution is -2.24. The lowest BCUT2D eigenvalue weighted by Gasteiger charge is -2.12. The Hall–Kier alpha value is -2.21. The minimum Gasteiger partial charge on any atom is -0.493 e. The fourth-order valence-electron chi connectivity index (χ4n) is 2.15. The van der Waals surface area contributed by atoms with Crippen LogP contribution in [0.5, 0.6) is 11.5 Å². The minimum absolute atomic E-state index is 0.147. The molecule has 1 aromatic carbocycles. The Morgan fingerprint density at radius 3 is 2.65 bits per heavy atom. The molecule has 124 valence electrons. The predicted octanol–water partition coefficient (Wildman–Crippen LogP) is 2.94. The number of nitrogens with one attached hydrogen (secondary N) is 1. The number of benzene rings is 1. The molecule has 0 unspecified atom stereocenters. The molecule has 2 aromatic rings. The number of hydrogen-bond acceptors (Lipinski definition) is 5. The number of hydrogen-bond donors (Lipinski definition) is 1. The van der Waals surface area contributed by atoms with E-state index < -0.39 is 0 Å². The maximum absolute atomic E-state index is 12.1. The van der Waals surface area contributed by atoms with E-state index in [0.29, 0.717) is 30.3 Å². The average Bonchev–Trinajstić information content (AvgIpc) is 2.58. The molecular weight excluding hydrogens is 318 g/mol. The standard InChI is InChI=1S/C16H20ClN3O3/c1-4-7-20-16(21)15(17)12(10-19-20)18-9-11-5-6-13(22-2)14(8-11)23-3/h5-6,8,10,18H,4,7,9H2,1-3H3. The Morgan fingerprint density at radius 1 is 1.26 bits per heavy atom. The van der Waals surface area contributed by atoms with Gasteiger partial charge in [0.25, 0.3) is 5.56 Å². The van der Waals surface area contributed by atoms with E-state index in [1.165, 1.54) is 4.68 Å². The quantitative estimate of drug-likeness (QED) is 0.841. The normalized spacial score (nSPS) is 10.4. The molecular formula is C16H20ClN3O3. The van der Waals surface area contributed by atoms with Crippen LogP contribution in [-0.4, -0.2) is 24.0 Å². The van der Waals surface area contributed by atoms with E-state index in [-0.39, 0.29) is 10.6 Å². The summed E-state index contributed by atoms with van der Waals surface area (Å²) in [4.78, 5) is 12.1. The molecule has 1 heterocycles. The third-order valence-electron chi connectivity index (χ3n) is 3.35. The van der Waals surface area contributed by atoms with Crippen molar-refractivity contribution in [1.29, 1.82) is 0 Å². The van der Waals surface area contributed by atoms with E-state index in [1.54, 1.807) is 20.4 Å². The van der Waals surface area contributed by atoms with Gasteiger partial charge < -0.3 is 14.8 Å². The van der Waals surface area contributed by atoms with Gasteiger partial charge in [-0.05, 0) is 24.1 Å². The topological polar surface area (TPSA) is 65.4 Å². The zero-order chi connectivity index (χ0) is 16.8. The van der Waals surface area contributed by atoms with Crippen LogP contribution in [0.3, 0.4) is 0 Å². The highest BCUT2D eigenvalue weighted by molar-refractivity contribution is 6.32. The number of methoxy groups -OCH3 is 2. The molecule has 0 aliphatic heterocycles. The maximum Gasteiger partial charge on any atom is 0.287 e. The molecule has 1 N–H and O–H groups in total. The van der Waals surface area contributed by atoms with Crippen molar-refractivity contribution in [3.05, 3.63) is 45.3 Å². The summed E-state index contributed by atoms with van der Waals surface area (Å²) in [7, 11) is 3.18. The lowest BCUT2D eigenvalue weighted by atomic mass is 10.2. The van der Waals surface area contributed by atoms with E-state index in [4.69, 9.17) is 21.1 Å². The maximum atomic E-state index is 12.1. The highest BCUT2D eigenvalue weighted by atomic mass is 35.5. The van der Waals surface area contributed by atoms with Crippen molar-refractivity contribution in [1.82, 2.24) is 9.78 Å². The van der Waals surface area contributed by atoms with Gasteiger partial charge in [0.05, 0.1) is 26.1 Å². The molecule has 0 aliphatic rings. The second-order valence-electron chi connectivity index (χ2n) is 4.94.